The molecule has 0 radical (unpaired) electrons. The molecule has 0 aliphatic heterocycles. The van der Waals surface area contributed by atoms with Gasteiger partial charge in [-0.25, -0.2) is 0 Å². The number of nitrogens with zero attached hydrogens (tertiary/aromatic N) is 1. The lowest BCUT2D eigenvalue weighted by molar-refractivity contribution is 0.336. The van der Waals surface area contributed by atoms with Gasteiger partial charge in [-0.1, -0.05) is 41.8 Å². The van der Waals surface area contributed by atoms with E-state index in [9.17, 15) is 0 Å². The van der Waals surface area contributed by atoms with E-state index in [1.807, 2.05) is 7.05 Å². The van der Waals surface area contributed by atoms with Crippen molar-refractivity contribution in [2.75, 3.05) is 19.0 Å². The maximum atomic E-state index is 3.60. The molecule has 0 saturated heterocycles. The Kier molecular flexibility index (Phi) is 5.28. The summed E-state index contributed by atoms with van der Waals surface area (Å²) >= 11 is 3.60. The average Bonchev–Trinajstić information content (AvgIpc) is 2.40. The number of halogens is 1. The lowest BCUT2D eigenvalue weighted by Crippen LogP contribution is -2.36. The monoisotopic (exact) mass is 324 g/mol. The number of rotatable bonds is 4. The number of hydrogen-bond donors (Lipinski definition) is 1. The Morgan fingerprint density at radius 3 is 2.84 bits per heavy atom. The van der Waals surface area contributed by atoms with E-state index < -0.39 is 0 Å². The van der Waals surface area contributed by atoms with E-state index in [1.165, 1.54) is 36.9 Å². The van der Waals surface area contributed by atoms with Crippen molar-refractivity contribution in [2.24, 2.45) is 5.92 Å². The minimum atomic E-state index is 0.689. The fourth-order valence-corrected chi connectivity index (χ4v) is 3.50. The Morgan fingerprint density at radius 2 is 2.16 bits per heavy atom. The summed E-state index contributed by atoms with van der Waals surface area (Å²) in [6.07, 6.45) is 5.41. The van der Waals surface area contributed by atoms with E-state index in [0.717, 1.165) is 16.9 Å². The van der Waals surface area contributed by atoms with Gasteiger partial charge in [0.15, 0.2) is 0 Å². The Bertz CT molecular complexity index is 419. The van der Waals surface area contributed by atoms with Gasteiger partial charge in [0.2, 0.25) is 0 Å². The number of hydrogen-bond acceptors (Lipinski definition) is 2. The van der Waals surface area contributed by atoms with Crippen LogP contribution in [0, 0.1) is 5.92 Å². The van der Waals surface area contributed by atoms with Gasteiger partial charge in [-0.05, 0) is 43.5 Å². The SMILES string of the molecule is CNCc1ccc(Br)cc1N(C)C1CCCC(C)C1. The van der Waals surface area contributed by atoms with Gasteiger partial charge in [0.25, 0.3) is 0 Å². The summed E-state index contributed by atoms with van der Waals surface area (Å²) in [5.74, 6) is 0.862. The van der Waals surface area contributed by atoms with Crippen LogP contribution in [-0.2, 0) is 6.54 Å². The summed E-state index contributed by atoms with van der Waals surface area (Å²) in [7, 11) is 4.26. The molecular weight excluding hydrogens is 300 g/mol. The summed E-state index contributed by atoms with van der Waals surface area (Å²) < 4.78 is 1.16. The lowest BCUT2D eigenvalue weighted by Gasteiger charge is -2.36. The van der Waals surface area contributed by atoms with Crippen LogP contribution in [-0.4, -0.2) is 20.1 Å². The molecule has 0 heterocycles. The van der Waals surface area contributed by atoms with Crippen molar-refractivity contribution in [2.45, 2.75) is 45.2 Å². The molecule has 0 bridgehead atoms. The highest BCUT2D eigenvalue weighted by Crippen LogP contribution is 2.32. The Hall–Kier alpha value is -0.540. The van der Waals surface area contributed by atoms with Gasteiger partial charge in [0, 0.05) is 29.8 Å². The van der Waals surface area contributed by atoms with Crippen LogP contribution in [0.4, 0.5) is 5.69 Å². The number of benzene rings is 1. The first-order chi connectivity index (χ1) is 9.11. The highest BCUT2D eigenvalue weighted by atomic mass is 79.9. The smallest absolute Gasteiger partial charge is 0.0423 e. The molecule has 106 valence electrons. The summed E-state index contributed by atoms with van der Waals surface area (Å²) in [6, 6.07) is 7.30. The van der Waals surface area contributed by atoms with Crippen LogP contribution in [0.5, 0.6) is 0 Å². The minimum absolute atomic E-state index is 0.689. The average molecular weight is 325 g/mol. The maximum Gasteiger partial charge on any atom is 0.0423 e. The highest BCUT2D eigenvalue weighted by Gasteiger charge is 2.23. The van der Waals surface area contributed by atoms with Crippen LogP contribution in [0.25, 0.3) is 0 Å². The Labute approximate surface area is 125 Å². The van der Waals surface area contributed by atoms with Crippen LogP contribution in [0.3, 0.4) is 0 Å². The first-order valence-electron chi connectivity index (χ1n) is 7.27. The van der Waals surface area contributed by atoms with Gasteiger partial charge in [-0.2, -0.15) is 0 Å². The molecule has 0 spiro atoms. The summed E-state index contributed by atoms with van der Waals surface area (Å²) in [5.41, 5.74) is 2.74. The van der Waals surface area contributed by atoms with Gasteiger partial charge in [-0.3, -0.25) is 0 Å². The highest BCUT2D eigenvalue weighted by molar-refractivity contribution is 9.10. The molecule has 3 heteroatoms. The minimum Gasteiger partial charge on any atom is -0.371 e. The quantitative estimate of drug-likeness (QED) is 0.893. The summed E-state index contributed by atoms with van der Waals surface area (Å²) in [4.78, 5) is 2.49. The lowest BCUT2D eigenvalue weighted by atomic mass is 9.86. The fourth-order valence-electron chi connectivity index (χ4n) is 3.16. The molecule has 2 rings (SSSR count). The molecule has 1 fully saturated rings. The molecule has 0 amide bonds. The molecule has 2 atom stereocenters. The molecule has 1 N–H and O–H groups in total. The van der Waals surface area contributed by atoms with Crippen molar-refractivity contribution in [3.05, 3.63) is 28.2 Å². The van der Waals surface area contributed by atoms with E-state index in [1.54, 1.807) is 0 Å². The van der Waals surface area contributed by atoms with Gasteiger partial charge >= 0.3 is 0 Å². The van der Waals surface area contributed by atoms with E-state index in [2.05, 4.69) is 58.3 Å². The third-order valence-electron chi connectivity index (χ3n) is 4.25. The second kappa shape index (κ2) is 6.76. The van der Waals surface area contributed by atoms with Crippen LogP contribution in [0.2, 0.25) is 0 Å². The molecule has 1 aliphatic rings. The van der Waals surface area contributed by atoms with Gasteiger partial charge < -0.3 is 10.2 Å². The van der Waals surface area contributed by atoms with E-state index in [0.29, 0.717) is 6.04 Å². The van der Waals surface area contributed by atoms with Crippen LogP contribution in [0.15, 0.2) is 22.7 Å². The maximum absolute atomic E-state index is 3.60. The van der Waals surface area contributed by atoms with Crippen LogP contribution in [0.1, 0.15) is 38.2 Å². The van der Waals surface area contributed by atoms with E-state index in [4.69, 9.17) is 0 Å². The van der Waals surface area contributed by atoms with Crippen molar-refractivity contribution in [3.8, 4) is 0 Å². The largest absolute Gasteiger partial charge is 0.371 e. The summed E-state index contributed by atoms with van der Waals surface area (Å²) in [6.45, 7) is 3.31. The predicted molar refractivity (Wildman–Crippen MR) is 86.7 cm³/mol. The normalized spacial score (nSPS) is 23.4. The Morgan fingerprint density at radius 1 is 1.37 bits per heavy atom. The second-order valence-corrected chi connectivity index (χ2v) is 6.76. The van der Waals surface area contributed by atoms with Crippen LogP contribution < -0.4 is 10.2 Å². The second-order valence-electron chi connectivity index (χ2n) is 5.84. The van der Waals surface area contributed by atoms with Crippen molar-refractivity contribution in [3.63, 3.8) is 0 Å². The molecule has 1 aromatic rings. The molecule has 0 aromatic heterocycles. The van der Waals surface area contributed by atoms with E-state index in [-0.39, 0.29) is 0 Å². The zero-order chi connectivity index (χ0) is 13.8. The Balaban J connectivity index is 2.21. The number of nitrogens with one attached hydrogen (secondary N) is 1. The van der Waals surface area contributed by atoms with Gasteiger partial charge in [0.05, 0.1) is 0 Å². The van der Waals surface area contributed by atoms with E-state index >= 15 is 0 Å². The molecule has 2 unspecified atom stereocenters. The number of anilines is 1. The topological polar surface area (TPSA) is 15.3 Å². The van der Waals surface area contributed by atoms with Crippen molar-refractivity contribution < 1.29 is 0 Å². The third kappa shape index (κ3) is 3.73. The third-order valence-corrected chi connectivity index (χ3v) is 4.74. The first kappa shape index (κ1) is 14.9. The van der Waals surface area contributed by atoms with Crippen LogP contribution >= 0.6 is 15.9 Å². The summed E-state index contributed by atoms with van der Waals surface area (Å²) in [5, 5.41) is 3.27. The van der Waals surface area contributed by atoms with Gasteiger partial charge in [-0.15, -0.1) is 0 Å². The molecule has 1 aromatic carbocycles. The standard InChI is InChI=1S/C16H25BrN2/c1-12-5-4-6-15(9-12)19(3)16-10-14(17)8-7-13(16)11-18-2/h7-8,10,12,15,18H,4-6,9,11H2,1-3H3. The molecular formula is C16H25BrN2. The van der Waals surface area contributed by atoms with Crippen molar-refractivity contribution in [1.29, 1.82) is 0 Å². The molecule has 2 nitrogen and oxygen atoms in total. The fraction of sp³-hybridized carbons (Fsp3) is 0.625. The van der Waals surface area contributed by atoms with Crippen molar-refractivity contribution in [1.82, 2.24) is 5.32 Å². The first-order valence-corrected chi connectivity index (χ1v) is 8.07. The van der Waals surface area contributed by atoms with Gasteiger partial charge in [0.1, 0.15) is 0 Å². The zero-order valence-electron chi connectivity index (χ0n) is 12.2. The molecule has 1 saturated carbocycles. The zero-order valence-corrected chi connectivity index (χ0v) is 13.8. The molecule has 1 aliphatic carbocycles. The predicted octanol–water partition coefficient (Wildman–Crippen LogP) is 4.18. The molecule has 19 heavy (non-hydrogen) atoms. The van der Waals surface area contributed by atoms with Crippen molar-refractivity contribution >= 4 is 21.6 Å².